The monoisotopic (exact) mass is 343 g/mol. The highest BCUT2D eigenvalue weighted by Crippen LogP contribution is 2.33. The van der Waals surface area contributed by atoms with Gasteiger partial charge in [-0.25, -0.2) is 9.50 Å². The van der Waals surface area contributed by atoms with Crippen molar-refractivity contribution in [1.29, 1.82) is 0 Å². The molecule has 1 saturated heterocycles. The lowest BCUT2D eigenvalue weighted by atomic mass is 9.80. The summed E-state index contributed by atoms with van der Waals surface area (Å²) in [6.45, 7) is 3.85. The van der Waals surface area contributed by atoms with E-state index >= 15 is 0 Å². The molecule has 106 valence electrons. The minimum Gasteiger partial charge on any atom is -0.379 e. The van der Waals surface area contributed by atoms with Crippen molar-refractivity contribution >= 4 is 21.6 Å². The molecule has 4 rings (SSSR count). The number of hydrogen-bond acceptors (Lipinski definition) is 3. The molecule has 3 heterocycles. The Hall–Kier alpha value is -1.72. The van der Waals surface area contributed by atoms with Crippen LogP contribution in [0.1, 0.15) is 12.5 Å². The molecule has 0 radical (unpaired) electrons. The first kappa shape index (κ1) is 13.0. The van der Waals surface area contributed by atoms with Crippen molar-refractivity contribution < 1.29 is 4.74 Å². The fraction of sp³-hybridized carbons (Fsp3) is 0.250. The number of benzene rings is 1. The Morgan fingerprint density at radius 3 is 2.57 bits per heavy atom. The van der Waals surface area contributed by atoms with Gasteiger partial charge < -0.3 is 4.74 Å². The minimum absolute atomic E-state index is 0.174. The Labute approximate surface area is 130 Å². The van der Waals surface area contributed by atoms with Crippen molar-refractivity contribution in [2.45, 2.75) is 12.3 Å². The standard InChI is InChI=1S/C16H14BrN3O/c1-16(9-21-10-16)13-4-2-11(3-5-13)12-6-18-15-14(17)7-19-20(15)8-12/h2-8H,9-10H2,1H3. The second kappa shape index (κ2) is 4.64. The van der Waals surface area contributed by atoms with Crippen LogP contribution in [0.5, 0.6) is 0 Å². The predicted octanol–water partition coefficient (Wildman–Crippen LogP) is 3.45. The molecule has 3 aromatic rings. The minimum atomic E-state index is 0.174. The first-order chi connectivity index (χ1) is 10.2. The molecule has 0 bridgehead atoms. The molecule has 1 fully saturated rings. The smallest absolute Gasteiger partial charge is 0.169 e. The Morgan fingerprint density at radius 1 is 1.14 bits per heavy atom. The maximum absolute atomic E-state index is 5.33. The van der Waals surface area contributed by atoms with Crippen molar-refractivity contribution in [2.75, 3.05) is 13.2 Å². The first-order valence-electron chi connectivity index (χ1n) is 6.83. The lowest BCUT2D eigenvalue weighted by Crippen LogP contribution is -2.43. The second-order valence-corrected chi connectivity index (χ2v) is 6.59. The number of halogens is 1. The van der Waals surface area contributed by atoms with E-state index in [2.05, 4.69) is 57.2 Å². The van der Waals surface area contributed by atoms with Gasteiger partial charge in [0.25, 0.3) is 0 Å². The quantitative estimate of drug-likeness (QED) is 0.715. The Morgan fingerprint density at radius 2 is 1.90 bits per heavy atom. The lowest BCUT2D eigenvalue weighted by Gasteiger charge is -2.38. The first-order valence-corrected chi connectivity index (χ1v) is 7.63. The zero-order valence-electron chi connectivity index (χ0n) is 11.6. The Kier molecular flexibility index (Phi) is 2.87. The molecular weight excluding hydrogens is 330 g/mol. The third-order valence-electron chi connectivity index (χ3n) is 4.07. The molecule has 1 aliphatic rings. The van der Waals surface area contributed by atoms with Gasteiger partial charge in [-0.3, -0.25) is 0 Å². The van der Waals surface area contributed by atoms with E-state index in [1.54, 1.807) is 10.7 Å². The molecule has 0 N–H and O–H groups in total. The molecule has 0 spiro atoms. The summed E-state index contributed by atoms with van der Waals surface area (Å²) in [5.74, 6) is 0. The molecule has 5 heteroatoms. The van der Waals surface area contributed by atoms with Crippen molar-refractivity contribution in [3.8, 4) is 11.1 Å². The SMILES string of the molecule is CC1(c2ccc(-c3cnc4c(Br)cnn4c3)cc2)COC1. The van der Waals surface area contributed by atoms with Gasteiger partial charge >= 0.3 is 0 Å². The van der Waals surface area contributed by atoms with Crippen molar-refractivity contribution in [2.24, 2.45) is 0 Å². The molecule has 21 heavy (non-hydrogen) atoms. The molecule has 0 amide bonds. The molecule has 0 unspecified atom stereocenters. The summed E-state index contributed by atoms with van der Waals surface area (Å²) in [6.07, 6.45) is 5.63. The average molecular weight is 344 g/mol. The second-order valence-electron chi connectivity index (χ2n) is 5.73. The maximum Gasteiger partial charge on any atom is 0.169 e. The van der Waals surface area contributed by atoms with Crippen LogP contribution in [-0.4, -0.2) is 27.8 Å². The summed E-state index contributed by atoms with van der Waals surface area (Å²) in [7, 11) is 0. The largest absolute Gasteiger partial charge is 0.379 e. The molecule has 0 atom stereocenters. The van der Waals surface area contributed by atoms with Crippen LogP contribution in [0.3, 0.4) is 0 Å². The number of ether oxygens (including phenoxy) is 1. The average Bonchev–Trinajstić information content (AvgIpc) is 2.86. The number of aromatic nitrogens is 3. The summed E-state index contributed by atoms with van der Waals surface area (Å²) in [6, 6.07) is 8.64. The van der Waals surface area contributed by atoms with Crippen molar-refractivity contribution in [3.05, 3.63) is 52.9 Å². The maximum atomic E-state index is 5.33. The van der Waals surface area contributed by atoms with Gasteiger partial charge in [-0.2, -0.15) is 5.10 Å². The van der Waals surface area contributed by atoms with Crippen molar-refractivity contribution in [1.82, 2.24) is 14.6 Å². The van der Waals surface area contributed by atoms with E-state index in [4.69, 9.17) is 4.74 Å². The van der Waals surface area contributed by atoms with E-state index in [1.807, 2.05) is 12.4 Å². The fourth-order valence-electron chi connectivity index (χ4n) is 2.63. The summed E-state index contributed by atoms with van der Waals surface area (Å²) in [5.41, 5.74) is 4.53. The van der Waals surface area contributed by atoms with Gasteiger partial charge in [-0.1, -0.05) is 31.2 Å². The third-order valence-corrected chi connectivity index (χ3v) is 4.63. The summed E-state index contributed by atoms with van der Waals surface area (Å²) >= 11 is 3.44. The number of rotatable bonds is 2. The number of nitrogens with zero attached hydrogens (tertiary/aromatic N) is 3. The van der Waals surface area contributed by atoms with Crippen LogP contribution in [0.15, 0.2) is 47.3 Å². The van der Waals surface area contributed by atoms with Crippen LogP contribution in [0, 0.1) is 0 Å². The Balaban J connectivity index is 1.71. The zero-order valence-corrected chi connectivity index (χ0v) is 13.2. The molecule has 2 aromatic heterocycles. The van der Waals surface area contributed by atoms with E-state index < -0.39 is 0 Å². The van der Waals surface area contributed by atoms with Gasteiger partial charge in [0.2, 0.25) is 0 Å². The van der Waals surface area contributed by atoms with E-state index in [-0.39, 0.29) is 5.41 Å². The van der Waals surface area contributed by atoms with E-state index in [1.165, 1.54) is 5.56 Å². The van der Waals surface area contributed by atoms with Crippen molar-refractivity contribution in [3.63, 3.8) is 0 Å². The van der Waals surface area contributed by atoms with Crippen LogP contribution in [0.25, 0.3) is 16.8 Å². The van der Waals surface area contributed by atoms with Gasteiger partial charge in [0.05, 0.1) is 23.9 Å². The van der Waals surface area contributed by atoms with Gasteiger partial charge in [0, 0.05) is 23.4 Å². The zero-order chi connectivity index (χ0) is 14.4. The number of hydrogen-bond donors (Lipinski definition) is 0. The van der Waals surface area contributed by atoms with Crippen LogP contribution in [0.2, 0.25) is 0 Å². The summed E-state index contributed by atoms with van der Waals surface area (Å²) in [4.78, 5) is 4.45. The highest BCUT2D eigenvalue weighted by molar-refractivity contribution is 9.10. The van der Waals surface area contributed by atoms with Gasteiger partial charge in [0.15, 0.2) is 5.65 Å². The lowest BCUT2D eigenvalue weighted by molar-refractivity contribution is -0.0500. The highest BCUT2D eigenvalue weighted by atomic mass is 79.9. The fourth-order valence-corrected chi connectivity index (χ4v) is 3.01. The van der Waals surface area contributed by atoms with Crippen LogP contribution in [-0.2, 0) is 10.2 Å². The number of fused-ring (bicyclic) bond motifs is 1. The van der Waals surface area contributed by atoms with Crippen LogP contribution >= 0.6 is 15.9 Å². The van der Waals surface area contributed by atoms with Gasteiger partial charge in [-0.05, 0) is 27.1 Å². The third kappa shape index (κ3) is 2.08. The molecule has 1 aromatic carbocycles. The topological polar surface area (TPSA) is 39.4 Å². The molecule has 0 aliphatic carbocycles. The van der Waals surface area contributed by atoms with Crippen LogP contribution < -0.4 is 0 Å². The van der Waals surface area contributed by atoms with Gasteiger partial charge in [-0.15, -0.1) is 0 Å². The molecular formula is C16H14BrN3O. The molecule has 4 nitrogen and oxygen atoms in total. The normalized spacial score (nSPS) is 16.9. The Bertz CT molecular complexity index is 806. The summed E-state index contributed by atoms with van der Waals surface area (Å²) < 4.78 is 8.02. The summed E-state index contributed by atoms with van der Waals surface area (Å²) in [5, 5.41) is 4.27. The van der Waals surface area contributed by atoms with E-state index in [0.29, 0.717) is 0 Å². The predicted molar refractivity (Wildman–Crippen MR) is 84.3 cm³/mol. The highest BCUT2D eigenvalue weighted by Gasteiger charge is 2.34. The van der Waals surface area contributed by atoms with E-state index in [0.717, 1.165) is 34.5 Å². The molecule has 0 saturated carbocycles. The van der Waals surface area contributed by atoms with Gasteiger partial charge in [0.1, 0.15) is 0 Å². The molecule has 1 aliphatic heterocycles. The van der Waals surface area contributed by atoms with Crippen LogP contribution in [0.4, 0.5) is 0 Å². The van der Waals surface area contributed by atoms with E-state index in [9.17, 15) is 0 Å².